The van der Waals surface area contributed by atoms with Crippen molar-refractivity contribution < 1.29 is 14.3 Å². The molecule has 0 atom stereocenters. The number of hydrogen-bond acceptors (Lipinski definition) is 4. The van der Waals surface area contributed by atoms with Crippen LogP contribution in [-0.2, 0) is 0 Å². The number of pyridine rings is 1. The van der Waals surface area contributed by atoms with Gasteiger partial charge in [-0.2, -0.15) is 5.10 Å². The Labute approximate surface area is 122 Å². The summed E-state index contributed by atoms with van der Waals surface area (Å²) in [4.78, 5) is 15.2. The number of fused-ring (bicyclic) bond motifs is 1. The fourth-order valence-electron chi connectivity index (χ4n) is 2.04. The van der Waals surface area contributed by atoms with Crippen molar-refractivity contribution in [3.05, 3.63) is 47.0 Å². The maximum Gasteiger partial charge on any atom is 0.277 e. The van der Waals surface area contributed by atoms with Crippen molar-refractivity contribution in [1.82, 2.24) is 20.3 Å². The lowest BCUT2D eigenvalue weighted by molar-refractivity contribution is 0.0990. The van der Waals surface area contributed by atoms with E-state index in [1.807, 2.05) is 0 Å². The lowest BCUT2D eigenvalue weighted by Crippen LogP contribution is -2.06. The van der Waals surface area contributed by atoms with E-state index in [1.165, 1.54) is 35.1 Å². The first-order valence-electron chi connectivity index (χ1n) is 5.76. The number of carbonyl (C=O) groups excluding carboxylic acids is 1. The molecule has 2 heterocycles. The van der Waals surface area contributed by atoms with E-state index >= 15 is 0 Å². The van der Waals surface area contributed by atoms with E-state index < -0.39 is 17.5 Å². The van der Waals surface area contributed by atoms with Crippen molar-refractivity contribution in [2.45, 2.75) is 0 Å². The molecule has 2 aromatic heterocycles. The zero-order chi connectivity index (χ0) is 15.1. The van der Waals surface area contributed by atoms with Crippen molar-refractivity contribution in [3.63, 3.8) is 0 Å². The molecule has 0 fully saturated rings. The lowest BCUT2D eigenvalue weighted by Gasteiger charge is -2.09. The van der Waals surface area contributed by atoms with Gasteiger partial charge in [-0.05, 0) is 18.2 Å². The van der Waals surface area contributed by atoms with Gasteiger partial charge in [0.15, 0.2) is 5.65 Å². The van der Waals surface area contributed by atoms with Crippen LogP contribution in [0, 0.1) is 5.82 Å². The second-order valence-electron chi connectivity index (χ2n) is 4.24. The van der Waals surface area contributed by atoms with Crippen LogP contribution in [0.2, 0.25) is 5.02 Å². The molecule has 0 saturated carbocycles. The second-order valence-corrected chi connectivity index (χ2v) is 4.65. The number of nitrogens with zero attached hydrogens (tertiary/aromatic N) is 3. The quantitative estimate of drug-likeness (QED) is 0.786. The number of aromatic nitrogens is 3. The number of benzene rings is 1. The highest BCUT2D eigenvalue weighted by molar-refractivity contribution is 6.31. The van der Waals surface area contributed by atoms with Crippen LogP contribution in [-0.4, -0.2) is 25.6 Å². The average molecular weight is 306 g/mol. The third-order valence-electron chi connectivity index (χ3n) is 2.97. The van der Waals surface area contributed by atoms with E-state index in [4.69, 9.17) is 17.3 Å². The first-order valence-corrected chi connectivity index (χ1v) is 6.14. The maximum atomic E-state index is 13.2. The summed E-state index contributed by atoms with van der Waals surface area (Å²) in [6.07, 6.45) is 1.19. The highest BCUT2D eigenvalue weighted by Crippen LogP contribution is 2.30. The molecule has 21 heavy (non-hydrogen) atoms. The molecule has 0 aliphatic heterocycles. The van der Waals surface area contributed by atoms with Gasteiger partial charge in [0.05, 0.1) is 10.7 Å². The number of amides is 1. The van der Waals surface area contributed by atoms with Crippen molar-refractivity contribution in [3.8, 4) is 17.0 Å². The normalized spacial score (nSPS) is 11.0. The van der Waals surface area contributed by atoms with Gasteiger partial charge in [0, 0.05) is 11.6 Å². The summed E-state index contributed by atoms with van der Waals surface area (Å²) in [5.41, 5.74) is 7.82. The van der Waals surface area contributed by atoms with Gasteiger partial charge in [0.1, 0.15) is 23.5 Å². The van der Waals surface area contributed by atoms with Gasteiger partial charge in [-0.3, -0.25) is 10.5 Å². The minimum atomic E-state index is -1.07. The molecular weight excluding hydrogens is 299 g/mol. The summed E-state index contributed by atoms with van der Waals surface area (Å²) in [6.45, 7) is 0. The van der Waals surface area contributed by atoms with Crippen LogP contribution < -0.4 is 5.73 Å². The summed E-state index contributed by atoms with van der Waals surface area (Å²) in [5, 5.41) is 13.8. The Bertz CT molecular complexity index is 878. The minimum Gasteiger partial charge on any atom is -0.507 e. The molecule has 2 N–H and O–H groups in total. The first kappa shape index (κ1) is 13.3. The third kappa shape index (κ3) is 2.07. The van der Waals surface area contributed by atoms with Crippen LogP contribution >= 0.6 is 11.6 Å². The monoisotopic (exact) mass is 305 g/mol. The molecule has 105 valence electrons. The van der Waals surface area contributed by atoms with Gasteiger partial charge in [0.2, 0.25) is 0 Å². The fraction of sp³-hybridized carbons (Fsp3) is 0. The SMILES string of the molecule is [NH]C(=O)c1c(O)cc(-c2ccc(F)c(Cl)c2)n2ncnc12. The molecule has 0 saturated heterocycles. The summed E-state index contributed by atoms with van der Waals surface area (Å²) in [6, 6.07) is 5.27. The molecule has 8 heteroatoms. The topological polar surface area (TPSA) is 91.3 Å². The highest BCUT2D eigenvalue weighted by atomic mass is 35.5. The van der Waals surface area contributed by atoms with Crippen molar-refractivity contribution in [1.29, 1.82) is 0 Å². The third-order valence-corrected chi connectivity index (χ3v) is 3.26. The number of nitrogens with one attached hydrogen (secondary N) is 1. The Balaban J connectivity index is 2.34. The van der Waals surface area contributed by atoms with Crippen LogP contribution in [0.25, 0.3) is 16.9 Å². The number of hydrogen-bond donors (Lipinski definition) is 1. The van der Waals surface area contributed by atoms with Gasteiger partial charge in [-0.1, -0.05) is 11.6 Å². The van der Waals surface area contributed by atoms with Crippen LogP contribution in [0.5, 0.6) is 5.75 Å². The largest absolute Gasteiger partial charge is 0.507 e. The molecular formula is C13H7ClFN4O2. The molecule has 1 radical (unpaired) electrons. The molecule has 0 unspecified atom stereocenters. The maximum absolute atomic E-state index is 13.2. The molecule has 0 bridgehead atoms. The van der Waals surface area contributed by atoms with Crippen molar-refractivity contribution >= 4 is 23.2 Å². The Morgan fingerprint density at radius 1 is 1.38 bits per heavy atom. The summed E-state index contributed by atoms with van der Waals surface area (Å²) in [5.74, 6) is -2.04. The smallest absolute Gasteiger partial charge is 0.277 e. The van der Waals surface area contributed by atoms with E-state index in [-0.39, 0.29) is 16.2 Å². The Hall–Kier alpha value is -2.67. The molecule has 0 aliphatic carbocycles. The summed E-state index contributed by atoms with van der Waals surface area (Å²) < 4.78 is 14.5. The van der Waals surface area contributed by atoms with Gasteiger partial charge in [-0.25, -0.2) is 13.9 Å². The van der Waals surface area contributed by atoms with E-state index in [0.29, 0.717) is 11.3 Å². The first-order chi connectivity index (χ1) is 9.99. The minimum absolute atomic E-state index is 0.0467. The average Bonchev–Trinajstić information content (AvgIpc) is 2.89. The van der Waals surface area contributed by atoms with E-state index in [9.17, 15) is 14.3 Å². The second kappa shape index (κ2) is 4.71. The molecule has 3 rings (SSSR count). The van der Waals surface area contributed by atoms with E-state index in [1.54, 1.807) is 0 Å². The van der Waals surface area contributed by atoms with Crippen LogP contribution in [0.1, 0.15) is 10.4 Å². The number of aromatic hydroxyl groups is 1. The Kier molecular flexibility index (Phi) is 2.99. The van der Waals surface area contributed by atoms with Crippen LogP contribution in [0.15, 0.2) is 30.6 Å². The lowest BCUT2D eigenvalue weighted by atomic mass is 10.1. The van der Waals surface area contributed by atoms with Gasteiger partial charge in [0.25, 0.3) is 5.91 Å². The highest BCUT2D eigenvalue weighted by Gasteiger charge is 2.19. The zero-order valence-corrected chi connectivity index (χ0v) is 11.1. The van der Waals surface area contributed by atoms with E-state index in [2.05, 4.69) is 10.1 Å². The van der Waals surface area contributed by atoms with Gasteiger partial charge in [-0.15, -0.1) is 0 Å². The number of carbonyl (C=O) groups is 1. The number of rotatable bonds is 2. The Morgan fingerprint density at radius 3 is 2.81 bits per heavy atom. The molecule has 0 spiro atoms. The van der Waals surface area contributed by atoms with Crippen LogP contribution in [0.3, 0.4) is 0 Å². The van der Waals surface area contributed by atoms with E-state index in [0.717, 1.165) is 0 Å². The van der Waals surface area contributed by atoms with Crippen LogP contribution in [0.4, 0.5) is 4.39 Å². The zero-order valence-electron chi connectivity index (χ0n) is 10.3. The molecule has 3 aromatic rings. The van der Waals surface area contributed by atoms with Crippen molar-refractivity contribution in [2.75, 3.05) is 0 Å². The fourth-order valence-corrected chi connectivity index (χ4v) is 2.23. The number of halogens is 2. The molecule has 1 aromatic carbocycles. The summed E-state index contributed by atoms with van der Waals surface area (Å²) in [7, 11) is 0. The molecule has 1 amide bonds. The van der Waals surface area contributed by atoms with Gasteiger partial charge < -0.3 is 5.11 Å². The standard InChI is InChI=1S/C13H7ClFN4O2/c14-7-3-6(1-2-8(7)15)9-4-10(20)11(12(16)21)13-17-5-18-19(9)13/h1-5,16,20H. The van der Waals surface area contributed by atoms with Gasteiger partial charge >= 0.3 is 0 Å². The molecule has 6 nitrogen and oxygen atoms in total. The summed E-state index contributed by atoms with van der Waals surface area (Å²) >= 11 is 5.74. The predicted molar refractivity (Wildman–Crippen MR) is 72.5 cm³/mol. The predicted octanol–water partition coefficient (Wildman–Crippen LogP) is 2.32. The Morgan fingerprint density at radius 2 is 2.14 bits per heavy atom. The molecule has 0 aliphatic rings. The van der Waals surface area contributed by atoms with Crippen molar-refractivity contribution in [2.24, 2.45) is 0 Å².